The SMILES string of the molecule is CC(OCC=O)C(C)C(=O)O. The Labute approximate surface area is 65.2 Å². The molecule has 0 saturated carbocycles. The van der Waals surface area contributed by atoms with Gasteiger partial charge in [-0.25, -0.2) is 0 Å². The highest BCUT2D eigenvalue weighted by molar-refractivity contribution is 5.70. The van der Waals surface area contributed by atoms with E-state index in [1.807, 2.05) is 0 Å². The molecule has 0 bridgehead atoms. The predicted molar refractivity (Wildman–Crippen MR) is 38.3 cm³/mol. The number of hydrogen-bond acceptors (Lipinski definition) is 3. The molecule has 0 amide bonds. The second-order valence-corrected chi connectivity index (χ2v) is 2.33. The highest BCUT2D eigenvalue weighted by Crippen LogP contribution is 2.05. The summed E-state index contributed by atoms with van der Waals surface area (Å²) in [4.78, 5) is 20.2. The van der Waals surface area contributed by atoms with Gasteiger partial charge in [-0.15, -0.1) is 0 Å². The number of rotatable bonds is 5. The molecule has 0 rings (SSSR count). The van der Waals surface area contributed by atoms with Crippen LogP contribution in [-0.4, -0.2) is 30.1 Å². The van der Waals surface area contributed by atoms with Gasteiger partial charge in [0.2, 0.25) is 0 Å². The van der Waals surface area contributed by atoms with Crippen LogP contribution in [0.2, 0.25) is 0 Å². The summed E-state index contributed by atoms with van der Waals surface area (Å²) < 4.78 is 4.87. The van der Waals surface area contributed by atoms with Gasteiger partial charge in [-0.2, -0.15) is 0 Å². The van der Waals surface area contributed by atoms with Gasteiger partial charge in [0.05, 0.1) is 12.0 Å². The highest BCUT2D eigenvalue weighted by atomic mass is 16.5. The smallest absolute Gasteiger partial charge is 0.308 e. The average molecular weight is 160 g/mol. The topological polar surface area (TPSA) is 63.6 Å². The molecule has 0 saturated heterocycles. The molecule has 11 heavy (non-hydrogen) atoms. The van der Waals surface area contributed by atoms with Crippen LogP contribution >= 0.6 is 0 Å². The third kappa shape index (κ3) is 3.72. The molecule has 64 valence electrons. The first kappa shape index (κ1) is 10.1. The average Bonchev–Trinajstić information content (AvgIpc) is 1.98. The molecule has 4 nitrogen and oxygen atoms in total. The van der Waals surface area contributed by atoms with Crippen molar-refractivity contribution in [2.45, 2.75) is 20.0 Å². The molecule has 1 N–H and O–H groups in total. The number of carbonyl (C=O) groups is 2. The minimum absolute atomic E-state index is 0.0429. The van der Waals surface area contributed by atoms with Gasteiger partial charge >= 0.3 is 5.97 Å². The van der Waals surface area contributed by atoms with Crippen LogP contribution in [0.5, 0.6) is 0 Å². The summed E-state index contributed by atoms with van der Waals surface area (Å²) in [6.45, 7) is 3.12. The molecule has 0 aliphatic carbocycles. The largest absolute Gasteiger partial charge is 0.481 e. The van der Waals surface area contributed by atoms with Crippen LogP contribution < -0.4 is 0 Å². The zero-order valence-corrected chi connectivity index (χ0v) is 6.61. The fraction of sp³-hybridized carbons (Fsp3) is 0.714. The van der Waals surface area contributed by atoms with Crippen molar-refractivity contribution in [3.05, 3.63) is 0 Å². The molecule has 0 radical (unpaired) electrons. The van der Waals surface area contributed by atoms with Crippen LogP contribution in [0.4, 0.5) is 0 Å². The molecule has 0 aromatic rings. The van der Waals surface area contributed by atoms with Crippen molar-refractivity contribution in [3.63, 3.8) is 0 Å². The van der Waals surface area contributed by atoms with Crippen molar-refractivity contribution < 1.29 is 19.4 Å². The van der Waals surface area contributed by atoms with Crippen molar-refractivity contribution in [2.24, 2.45) is 5.92 Å². The summed E-state index contributed by atoms with van der Waals surface area (Å²) in [5, 5.41) is 8.48. The quantitative estimate of drug-likeness (QED) is 0.588. The van der Waals surface area contributed by atoms with Crippen molar-refractivity contribution in [1.29, 1.82) is 0 Å². The summed E-state index contributed by atoms with van der Waals surface area (Å²) in [5.41, 5.74) is 0. The van der Waals surface area contributed by atoms with Gasteiger partial charge in [0.1, 0.15) is 12.9 Å². The molecule has 0 aromatic carbocycles. The van der Waals surface area contributed by atoms with E-state index in [2.05, 4.69) is 0 Å². The third-order valence-electron chi connectivity index (χ3n) is 1.52. The van der Waals surface area contributed by atoms with Gasteiger partial charge in [0.15, 0.2) is 0 Å². The lowest BCUT2D eigenvalue weighted by Crippen LogP contribution is -2.26. The number of hydrogen-bond donors (Lipinski definition) is 1. The minimum atomic E-state index is -0.914. The molecule has 0 heterocycles. The fourth-order valence-corrected chi connectivity index (χ4v) is 0.536. The van der Waals surface area contributed by atoms with E-state index in [1.54, 1.807) is 6.92 Å². The molecule has 2 unspecified atom stereocenters. The van der Waals surface area contributed by atoms with E-state index < -0.39 is 18.0 Å². The molecule has 4 heteroatoms. The fourth-order valence-electron chi connectivity index (χ4n) is 0.536. The van der Waals surface area contributed by atoms with E-state index in [0.717, 1.165) is 0 Å². The van der Waals surface area contributed by atoms with E-state index in [0.29, 0.717) is 6.29 Å². The summed E-state index contributed by atoms with van der Waals surface area (Å²) >= 11 is 0. The summed E-state index contributed by atoms with van der Waals surface area (Å²) in [6.07, 6.45) is 0.183. The van der Waals surface area contributed by atoms with Crippen molar-refractivity contribution in [2.75, 3.05) is 6.61 Å². The van der Waals surface area contributed by atoms with E-state index in [-0.39, 0.29) is 6.61 Å². The molecular weight excluding hydrogens is 148 g/mol. The van der Waals surface area contributed by atoms with Crippen molar-refractivity contribution in [1.82, 2.24) is 0 Å². The normalized spacial score (nSPS) is 15.5. The Morgan fingerprint density at radius 1 is 1.64 bits per heavy atom. The van der Waals surface area contributed by atoms with Crippen LogP contribution in [0.1, 0.15) is 13.8 Å². The maximum Gasteiger partial charge on any atom is 0.308 e. The molecule has 0 spiro atoms. The van der Waals surface area contributed by atoms with Crippen LogP contribution in [0.3, 0.4) is 0 Å². The van der Waals surface area contributed by atoms with Crippen LogP contribution in [0, 0.1) is 5.92 Å². The van der Waals surface area contributed by atoms with Crippen LogP contribution in [0.15, 0.2) is 0 Å². The van der Waals surface area contributed by atoms with Crippen LogP contribution in [0.25, 0.3) is 0 Å². The Bertz CT molecular complexity index is 143. The second-order valence-electron chi connectivity index (χ2n) is 2.33. The maximum absolute atomic E-state index is 10.3. The molecule has 0 aliphatic heterocycles. The van der Waals surface area contributed by atoms with E-state index in [4.69, 9.17) is 9.84 Å². The zero-order valence-electron chi connectivity index (χ0n) is 6.61. The molecular formula is C7H12O4. The number of carboxylic acids is 1. The lowest BCUT2D eigenvalue weighted by Gasteiger charge is -2.14. The third-order valence-corrected chi connectivity index (χ3v) is 1.52. The Morgan fingerprint density at radius 3 is 2.55 bits per heavy atom. The Morgan fingerprint density at radius 2 is 2.18 bits per heavy atom. The van der Waals surface area contributed by atoms with Gasteiger partial charge in [0, 0.05) is 0 Å². The first-order valence-corrected chi connectivity index (χ1v) is 3.37. The van der Waals surface area contributed by atoms with E-state index in [1.165, 1.54) is 6.92 Å². The molecule has 0 aromatic heterocycles. The lowest BCUT2D eigenvalue weighted by molar-refractivity contribution is -0.146. The monoisotopic (exact) mass is 160 g/mol. The second kappa shape index (κ2) is 4.85. The van der Waals surface area contributed by atoms with Gasteiger partial charge in [-0.1, -0.05) is 0 Å². The number of carbonyl (C=O) groups excluding carboxylic acids is 1. The highest BCUT2D eigenvalue weighted by Gasteiger charge is 2.19. The van der Waals surface area contributed by atoms with E-state index >= 15 is 0 Å². The van der Waals surface area contributed by atoms with Gasteiger partial charge < -0.3 is 14.6 Å². The number of aldehydes is 1. The van der Waals surface area contributed by atoms with E-state index in [9.17, 15) is 9.59 Å². The summed E-state index contributed by atoms with van der Waals surface area (Å²) in [6, 6.07) is 0. The first-order valence-electron chi connectivity index (χ1n) is 3.37. The van der Waals surface area contributed by atoms with Crippen molar-refractivity contribution >= 4 is 12.3 Å². The summed E-state index contributed by atoms with van der Waals surface area (Å²) in [7, 11) is 0. The molecule has 2 atom stereocenters. The summed E-state index contributed by atoms with van der Waals surface area (Å²) in [5.74, 6) is -1.49. The van der Waals surface area contributed by atoms with Gasteiger partial charge in [-0.3, -0.25) is 4.79 Å². The molecule has 0 fully saturated rings. The Balaban J connectivity index is 3.72. The Kier molecular flexibility index (Phi) is 4.45. The maximum atomic E-state index is 10.3. The lowest BCUT2D eigenvalue weighted by atomic mass is 10.1. The zero-order chi connectivity index (χ0) is 8.85. The minimum Gasteiger partial charge on any atom is -0.481 e. The van der Waals surface area contributed by atoms with Gasteiger partial charge in [-0.05, 0) is 13.8 Å². The Hall–Kier alpha value is -0.900. The first-order chi connectivity index (χ1) is 5.09. The van der Waals surface area contributed by atoms with Crippen molar-refractivity contribution in [3.8, 4) is 0 Å². The predicted octanol–water partition coefficient (Wildman–Crippen LogP) is 0.311. The van der Waals surface area contributed by atoms with Gasteiger partial charge in [0.25, 0.3) is 0 Å². The number of aliphatic carboxylic acids is 1. The number of ether oxygens (including phenoxy) is 1. The number of carboxylic acid groups (broad SMARTS) is 1. The van der Waals surface area contributed by atoms with Crippen LogP contribution in [-0.2, 0) is 14.3 Å². The molecule has 0 aliphatic rings. The standard InChI is InChI=1S/C7H12O4/c1-5(7(9)10)6(2)11-4-3-8/h3,5-6H,4H2,1-2H3,(H,9,10).